The van der Waals surface area contributed by atoms with Gasteiger partial charge in [-0.2, -0.15) is 0 Å². The number of nitrogen functional groups attached to an aromatic ring is 4. The van der Waals surface area contributed by atoms with Crippen LogP contribution in [0, 0.1) is 0 Å². The number of nitrogens with two attached hydrogens (primary N) is 8. The second-order valence-electron chi connectivity index (χ2n) is 33.9. The van der Waals surface area contributed by atoms with E-state index < -0.39 is 15.6 Å². The summed E-state index contributed by atoms with van der Waals surface area (Å²) in [5, 5.41) is 65.4. The lowest BCUT2D eigenvalue weighted by atomic mass is 10.1. The molecule has 8 aromatic carbocycles. The maximum Gasteiger partial charge on any atom is 0.524 e. The number of para-hydroxylation sites is 3. The number of fused-ring (bicyclic) bond motifs is 12. The molecule has 0 spiro atoms. The van der Waals surface area contributed by atoms with Gasteiger partial charge >= 0.3 is 15.6 Å². The van der Waals surface area contributed by atoms with Crippen molar-refractivity contribution in [2.24, 2.45) is 22.9 Å². The third-order valence-corrected chi connectivity index (χ3v) is 24.5. The van der Waals surface area contributed by atoms with E-state index in [2.05, 4.69) is 73.4 Å². The Morgan fingerprint density at radius 3 is 0.950 bits per heavy atom. The van der Waals surface area contributed by atoms with Gasteiger partial charge in [-0.15, -0.1) is 0 Å². The van der Waals surface area contributed by atoms with Crippen molar-refractivity contribution in [3.8, 4) is 46.0 Å². The van der Waals surface area contributed by atoms with Crippen molar-refractivity contribution in [2.45, 2.75) is 157 Å². The van der Waals surface area contributed by atoms with Crippen LogP contribution in [0.1, 0.15) is 147 Å². The van der Waals surface area contributed by atoms with E-state index in [9.17, 15) is 59.3 Å². The largest absolute Gasteiger partial charge is 0.524 e. The van der Waals surface area contributed by atoms with Gasteiger partial charge in [0.25, 0.3) is 0 Å². The number of phosphoric acid groups is 2. The molecule has 8 heterocycles. The Morgan fingerprint density at radius 1 is 0.314 bits per heavy atom. The Labute approximate surface area is 808 Å². The van der Waals surface area contributed by atoms with Crippen molar-refractivity contribution in [2.75, 3.05) is 102 Å². The number of hydrogen-bond donors (Lipinski definition) is 18. The maximum absolute atomic E-state index is 11.6. The van der Waals surface area contributed by atoms with Crippen LogP contribution in [-0.2, 0) is 106 Å². The maximum atomic E-state index is 11.6. The highest BCUT2D eigenvalue weighted by molar-refractivity contribution is 7.47. The van der Waals surface area contributed by atoms with Gasteiger partial charge < -0.3 is 123 Å². The Kier molecular flexibility index (Phi) is 36.2. The second kappa shape index (κ2) is 48.6. The number of pyridine rings is 4. The van der Waals surface area contributed by atoms with Crippen LogP contribution in [0.2, 0.25) is 0 Å². The van der Waals surface area contributed by atoms with Gasteiger partial charge in [-0.3, -0.25) is 19.6 Å². The van der Waals surface area contributed by atoms with Crippen LogP contribution < -0.4 is 54.9 Å². The van der Waals surface area contributed by atoms with Gasteiger partial charge in [0.2, 0.25) is 0 Å². The van der Waals surface area contributed by atoms with Crippen molar-refractivity contribution in [3.05, 3.63) is 213 Å². The summed E-state index contributed by atoms with van der Waals surface area (Å²) in [5.74, 6) is 3.35. The summed E-state index contributed by atoms with van der Waals surface area (Å²) in [7, 11) is -9.75. The second-order valence-corrected chi connectivity index (χ2v) is 36.3. The fourth-order valence-electron chi connectivity index (χ4n) is 16.8. The molecule has 0 aliphatic rings. The van der Waals surface area contributed by atoms with Crippen molar-refractivity contribution in [1.29, 1.82) is 0 Å². The number of hydrogen-bond acceptors (Lipinski definition) is 30. The van der Waals surface area contributed by atoms with Crippen molar-refractivity contribution in [1.82, 2.24) is 58.1 Å². The van der Waals surface area contributed by atoms with Crippen LogP contribution in [0.25, 0.3) is 87.7 Å². The molecule has 26 N–H and O–H groups in total. The standard InChI is InChI=1S/2C25H32N5O6P.2C25H31N5O3/c1-2-3-7-21-29-22-23(30(21)15-17-5-4-6-20(24(17)31)36-37(32,33)34)18-9-8-16(10-12-35-13-11-26)14-19(18)28-25(22)27;1-2-3-7-21-29-22-23(30(21)15-17-5-4-6-20(31)24(17)36-37(32,33)34)18-9-8-16(10-12-35-13-11-26)14-19(18)28-25(22)27;1-2-3-7-21-29-22-23(30(21)15-17-5-4-6-20(31)24(17)32)18-9-8-16(10-12-33-13-11-26)14-19(18)28-25(22)27;1-2-3-4-22-29-23-24(30(22)15-17-14-18(31)6-8-21(17)32)19-7-5-16(9-11-33-12-10-26)13-20(19)28-25(23)27/h2*4-6,8-9,14,31H,2-3,7,10-13,15,26H2,1H3,(H2,27,28)(H2,32,33,34);4-6,8-9,14,31-32H,2-3,7,10-13,15,26H2,1H3,(H2,27,28);5-8,13-14,31-32H,2-4,9-12,15,26H2,1H3,(H2,27,28). The lowest BCUT2D eigenvalue weighted by Crippen LogP contribution is -2.10. The number of aryl methyl sites for hydroxylation is 4. The van der Waals surface area contributed by atoms with Crippen LogP contribution in [0.4, 0.5) is 23.3 Å². The van der Waals surface area contributed by atoms with Crippen LogP contribution in [0.5, 0.6) is 46.0 Å². The number of imidazole rings is 4. The van der Waals surface area contributed by atoms with Gasteiger partial charge in [-0.05, 0) is 134 Å². The first-order valence-electron chi connectivity index (χ1n) is 47.0. The Bertz CT molecular complexity index is 6960. The number of aromatic nitrogens is 12. The molecule has 38 nitrogen and oxygen atoms in total. The van der Waals surface area contributed by atoms with E-state index in [1.165, 1.54) is 30.3 Å². The number of phosphoric ester groups is 2. The lowest BCUT2D eigenvalue weighted by molar-refractivity contribution is 0.144. The highest BCUT2D eigenvalue weighted by atomic mass is 31.2. The molecule has 16 aromatic rings. The molecule has 0 aliphatic heterocycles. The van der Waals surface area contributed by atoms with Crippen LogP contribution in [-0.4, -0.2) is 187 Å². The number of rotatable bonds is 44. The van der Waals surface area contributed by atoms with Crippen molar-refractivity contribution in [3.63, 3.8) is 0 Å². The third kappa shape index (κ3) is 25.9. The molecular formula is C100H126N20O18P2. The number of ether oxygens (including phenoxy) is 4. The first-order chi connectivity index (χ1) is 67.5. The molecule has 140 heavy (non-hydrogen) atoms. The van der Waals surface area contributed by atoms with Gasteiger partial charge in [0.15, 0.2) is 57.8 Å². The SMILES string of the molecule is CCCCc1nc2c(N)nc3cc(CCOCCN)ccc3c2n1Cc1cc(O)ccc1O.CCCCc1nc2c(N)nc3cc(CCOCCN)ccc3c2n1Cc1cccc(O)c1O.CCCCc1nc2c(N)nc3cc(CCOCCN)ccc3c2n1Cc1cccc(O)c1OP(=O)(O)O.CCCCc1nc2c(N)nc3cc(CCOCCN)ccc3c2n1Cc1cccc(OP(=O)(O)O)c1O. The summed E-state index contributed by atoms with van der Waals surface area (Å²) >= 11 is 0. The van der Waals surface area contributed by atoms with E-state index >= 15 is 0 Å². The highest BCUT2D eigenvalue weighted by Gasteiger charge is 2.29. The van der Waals surface area contributed by atoms with Gasteiger partial charge in [0, 0.05) is 95.7 Å². The Morgan fingerprint density at radius 2 is 0.621 bits per heavy atom. The predicted octanol–water partition coefficient (Wildman–Crippen LogP) is 13.5. The van der Waals surface area contributed by atoms with Gasteiger partial charge in [0.05, 0.1) is 123 Å². The lowest BCUT2D eigenvalue weighted by Gasteiger charge is -2.16. The van der Waals surface area contributed by atoms with E-state index in [4.69, 9.17) is 89.3 Å². The van der Waals surface area contributed by atoms with E-state index in [0.29, 0.717) is 191 Å². The molecule has 0 saturated heterocycles. The molecule has 0 bridgehead atoms. The highest BCUT2D eigenvalue weighted by Crippen LogP contribution is 2.47. The van der Waals surface area contributed by atoms with Crippen molar-refractivity contribution < 1.29 is 87.3 Å². The molecule has 744 valence electrons. The third-order valence-electron chi connectivity index (χ3n) is 23.7. The predicted molar refractivity (Wildman–Crippen MR) is 544 cm³/mol. The number of benzene rings is 8. The summed E-state index contributed by atoms with van der Waals surface area (Å²) in [6.45, 7) is 15.8. The zero-order valence-corrected chi connectivity index (χ0v) is 80.9. The molecule has 16 rings (SSSR count). The Balaban J connectivity index is 0.000000157. The van der Waals surface area contributed by atoms with Crippen LogP contribution >= 0.6 is 15.6 Å². The number of phenols is 6. The number of anilines is 4. The van der Waals surface area contributed by atoms with Gasteiger partial charge in [-0.1, -0.05) is 138 Å². The Hall–Kier alpha value is -13.1. The van der Waals surface area contributed by atoms with E-state index in [1.54, 1.807) is 42.5 Å². The summed E-state index contributed by atoms with van der Waals surface area (Å²) in [6, 6.07) is 42.9. The molecule has 0 unspecified atom stereocenters. The molecule has 0 saturated carbocycles. The van der Waals surface area contributed by atoms with Crippen LogP contribution in [0.15, 0.2) is 146 Å². The zero-order valence-electron chi connectivity index (χ0n) is 79.1. The number of unbranched alkanes of at least 4 members (excludes halogenated alkanes) is 4. The molecule has 0 atom stereocenters. The quantitative estimate of drug-likeness (QED) is 0.00730. The summed E-state index contributed by atoms with van der Waals surface area (Å²) < 4.78 is 62.6. The first kappa shape index (κ1) is 104. The summed E-state index contributed by atoms with van der Waals surface area (Å²) in [5.41, 5.74) is 62.4. The van der Waals surface area contributed by atoms with Gasteiger partial charge in [-0.25, -0.2) is 49.0 Å². The summed E-state index contributed by atoms with van der Waals surface area (Å²) in [4.78, 5) is 75.0. The van der Waals surface area contributed by atoms with Crippen LogP contribution in [0.3, 0.4) is 0 Å². The van der Waals surface area contributed by atoms with E-state index in [-0.39, 0.29) is 64.9 Å². The normalized spacial score (nSPS) is 11.8. The zero-order chi connectivity index (χ0) is 99.9. The smallest absolute Gasteiger partial charge is 0.508 e. The van der Waals surface area contributed by atoms with Crippen molar-refractivity contribution >= 4 is 127 Å². The molecule has 8 aromatic heterocycles. The van der Waals surface area contributed by atoms with E-state index in [1.807, 2.05) is 69.8 Å². The fourth-order valence-corrected chi connectivity index (χ4v) is 17.7. The van der Waals surface area contributed by atoms with E-state index in [0.717, 1.165) is 177 Å². The minimum atomic E-state index is -4.91. The monoisotopic (exact) mass is 1960 g/mol. The molecular weight excluding hydrogens is 1830 g/mol. The molecule has 0 aliphatic carbocycles. The number of nitrogens with zero attached hydrogens (tertiary/aromatic N) is 12. The molecule has 0 radical (unpaired) electrons. The number of aromatic hydroxyl groups is 6. The minimum Gasteiger partial charge on any atom is -0.508 e. The van der Waals surface area contributed by atoms with Gasteiger partial charge in [0.1, 0.15) is 56.9 Å². The fraction of sp³-hybridized carbons (Fsp3) is 0.360. The molecule has 0 fully saturated rings. The average molecular weight is 1960 g/mol. The average Bonchev–Trinajstić information content (AvgIpc) is 1.58. The summed E-state index contributed by atoms with van der Waals surface area (Å²) in [6.07, 6.45) is 13.5. The number of phenolic OH excluding ortho intramolecular Hbond substituents is 6. The molecule has 0 amide bonds. The topological polar surface area (TPSA) is 623 Å². The first-order valence-corrected chi connectivity index (χ1v) is 50.1. The molecule has 40 heteroatoms. The minimum absolute atomic E-state index is 0.106.